The van der Waals surface area contributed by atoms with Crippen molar-refractivity contribution in [1.82, 2.24) is 10.9 Å². The van der Waals surface area contributed by atoms with E-state index in [4.69, 9.17) is 5.11 Å². The molecule has 0 saturated carbocycles. The Morgan fingerprint density at radius 1 is 0.786 bits per heavy atom. The van der Waals surface area contributed by atoms with E-state index in [2.05, 4.69) is 16.2 Å². The number of nitrogens with one attached hydrogen (secondary N) is 3. The summed E-state index contributed by atoms with van der Waals surface area (Å²) in [4.78, 5) is 47.4. The van der Waals surface area contributed by atoms with Crippen molar-refractivity contribution in [3.63, 3.8) is 0 Å². The molecule has 4 N–H and O–H groups in total. The third-order valence-corrected chi connectivity index (χ3v) is 3.78. The maximum Gasteiger partial charge on any atom is 0.336 e. The first-order valence-electron chi connectivity index (χ1n) is 8.44. The molecule has 3 amide bonds. The van der Waals surface area contributed by atoms with E-state index in [1.807, 2.05) is 0 Å². The largest absolute Gasteiger partial charge is 0.478 e. The Labute approximate surface area is 161 Å². The number of carbonyl (C=O) groups is 4. The maximum absolute atomic E-state index is 12.2. The van der Waals surface area contributed by atoms with Crippen molar-refractivity contribution < 1.29 is 24.3 Å². The van der Waals surface area contributed by atoms with Gasteiger partial charge in [-0.2, -0.15) is 0 Å². The summed E-state index contributed by atoms with van der Waals surface area (Å²) in [7, 11) is 0. The fraction of sp³-hybridized carbons (Fsp3) is 0.200. The van der Waals surface area contributed by atoms with Crippen LogP contribution in [0.25, 0.3) is 0 Å². The highest BCUT2D eigenvalue weighted by Crippen LogP contribution is 2.17. The van der Waals surface area contributed by atoms with Crippen molar-refractivity contribution in [2.75, 3.05) is 5.32 Å². The Hall–Kier alpha value is -3.68. The second-order valence-electron chi connectivity index (χ2n) is 7.04. The lowest BCUT2D eigenvalue weighted by molar-refractivity contribution is -0.123. The predicted octanol–water partition coefficient (Wildman–Crippen LogP) is 2.44. The quantitative estimate of drug-likeness (QED) is 0.604. The van der Waals surface area contributed by atoms with E-state index in [1.54, 1.807) is 32.9 Å². The van der Waals surface area contributed by atoms with Gasteiger partial charge in [0, 0.05) is 16.7 Å². The molecule has 0 aliphatic rings. The van der Waals surface area contributed by atoms with Crippen molar-refractivity contribution in [3.8, 4) is 0 Å². The minimum atomic E-state index is -1.25. The van der Waals surface area contributed by atoms with Gasteiger partial charge in [-0.05, 0) is 36.4 Å². The van der Waals surface area contributed by atoms with Crippen LogP contribution in [0.3, 0.4) is 0 Å². The third-order valence-electron chi connectivity index (χ3n) is 3.78. The molecule has 0 heterocycles. The highest BCUT2D eigenvalue weighted by Gasteiger charge is 2.21. The second kappa shape index (κ2) is 8.34. The van der Waals surface area contributed by atoms with Crippen molar-refractivity contribution in [2.24, 2.45) is 5.41 Å². The first-order valence-corrected chi connectivity index (χ1v) is 8.44. The third kappa shape index (κ3) is 5.16. The predicted molar refractivity (Wildman–Crippen MR) is 103 cm³/mol. The molecule has 0 spiro atoms. The molecule has 0 aliphatic carbocycles. The maximum atomic E-state index is 12.2. The smallest absolute Gasteiger partial charge is 0.336 e. The topological polar surface area (TPSA) is 125 Å². The van der Waals surface area contributed by atoms with Gasteiger partial charge in [-0.3, -0.25) is 25.2 Å². The molecule has 0 aliphatic heterocycles. The van der Waals surface area contributed by atoms with Crippen LogP contribution in [-0.2, 0) is 4.79 Å². The molecule has 0 bridgehead atoms. The van der Waals surface area contributed by atoms with Crippen molar-refractivity contribution >= 4 is 29.4 Å². The van der Waals surface area contributed by atoms with Gasteiger partial charge in [0.25, 0.3) is 11.8 Å². The summed E-state index contributed by atoms with van der Waals surface area (Å²) in [5, 5.41) is 11.9. The number of amides is 3. The molecule has 0 aromatic heterocycles. The van der Waals surface area contributed by atoms with Crippen molar-refractivity contribution in [1.29, 1.82) is 0 Å². The zero-order valence-electron chi connectivity index (χ0n) is 15.7. The van der Waals surface area contributed by atoms with Gasteiger partial charge < -0.3 is 10.4 Å². The summed E-state index contributed by atoms with van der Waals surface area (Å²) >= 11 is 0. The second-order valence-corrected chi connectivity index (χ2v) is 7.04. The van der Waals surface area contributed by atoms with Crippen LogP contribution in [0.15, 0.2) is 48.5 Å². The van der Waals surface area contributed by atoms with Gasteiger partial charge in [0.15, 0.2) is 0 Å². The zero-order chi connectivity index (χ0) is 20.9. The van der Waals surface area contributed by atoms with Crippen LogP contribution in [0.5, 0.6) is 0 Å². The minimum absolute atomic E-state index is 0.0736. The van der Waals surface area contributed by atoms with Gasteiger partial charge >= 0.3 is 5.97 Å². The average molecular weight is 383 g/mol. The van der Waals surface area contributed by atoms with Gasteiger partial charge in [0.2, 0.25) is 5.91 Å². The molecule has 146 valence electrons. The number of carbonyl (C=O) groups excluding carboxylic acids is 3. The summed E-state index contributed by atoms with van der Waals surface area (Å²) in [6.45, 7) is 5.36. The van der Waals surface area contributed by atoms with Gasteiger partial charge in [-0.25, -0.2) is 4.79 Å². The molecule has 8 heteroatoms. The van der Waals surface area contributed by atoms with E-state index < -0.39 is 23.2 Å². The standard InChI is InChI=1S/C20H21N3O5/c1-20(2,3)19(28)21-13-10-8-12(9-11-13)16(24)22-23-17(25)14-6-4-5-7-15(14)18(26)27/h4-11H,1-3H3,(H,21,28)(H,22,24)(H,23,25)(H,26,27). The molecule has 0 atom stereocenters. The number of hydrazine groups is 1. The first kappa shape index (κ1) is 20.6. The number of hydrogen-bond acceptors (Lipinski definition) is 4. The molecule has 2 rings (SSSR count). The number of anilines is 1. The fourth-order valence-electron chi connectivity index (χ4n) is 2.14. The average Bonchev–Trinajstić information content (AvgIpc) is 2.65. The SMILES string of the molecule is CC(C)(C)C(=O)Nc1ccc(C(=O)NNC(=O)c2ccccc2C(=O)O)cc1. The summed E-state index contributed by atoms with van der Waals surface area (Å²) in [6.07, 6.45) is 0. The lowest BCUT2D eigenvalue weighted by Gasteiger charge is -2.17. The highest BCUT2D eigenvalue weighted by atomic mass is 16.4. The summed E-state index contributed by atoms with van der Waals surface area (Å²) in [6, 6.07) is 11.8. The monoisotopic (exact) mass is 383 g/mol. The van der Waals surface area contributed by atoms with Crippen LogP contribution in [0, 0.1) is 5.41 Å². The number of carboxylic acid groups (broad SMARTS) is 1. The van der Waals surface area contributed by atoms with Gasteiger partial charge in [-0.15, -0.1) is 0 Å². The summed E-state index contributed by atoms with van der Waals surface area (Å²) in [5.74, 6) is -2.74. The minimum Gasteiger partial charge on any atom is -0.478 e. The molecule has 0 fully saturated rings. The van der Waals surface area contributed by atoms with E-state index in [-0.39, 0.29) is 22.6 Å². The van der Waals surface area contributed by atoms with Crippen LogP contribution in [0.2, 0.25) is 0 Å². The van der Waals surface area contributed by atoms with E-state index >= 15 is 0 Å². The number of rotatable bonds is 4. The van der Waals surface area contributed by atoms with E-state index in [1.165, 1.54) is 36.4 Å². The normalized spacial score (nSPS) is 10.7. The van der Waals surface area contributed by atoms with Crippen LogP contribution in [-0.4, -0.2) is 28.8 Å². The van der Waals surface area contributed by atoms with E-state index in [9.17, 15) is 19.2 Å². The Bertz CT molecular complexity index is 914. The fourth-order valence-corrected chi connectivity index (χ4v) is 2.14. The number of aromatic carboxylic acids is 1. The van der Waals surface area contributed by atoms with Crippen LogP contribution in [0.1, 0.15) is 51.8 Å². The summed E-state index contributed by atoms with van der Waals surface area (Å²) in [5.41, 5.74) is 4.41. The molecule has 2 aromatic rings. The van der Waals surface area contributed by atoms with Crippen LogP contribution in [0.4, 0.5) is 5.69 Å². The molecule has 28 heavy (non-hydrogen) atoms. The lowest BCUT2D eigenvalue weighted by atomic mass is 9.95. The van der Waals surface area contributed by atoms with E-state index in [0.29, 0.717) is 5.69 Å². The Morgan fingerprint density at radius 3 is 1.86 bits per heavy atom. The molecule has 0 unspecified atom stereocenters. The van der Waals surface area contributed by atoms with Gasteiger partial charge in [-0.1, -0.05) is 32.9 Å². The zero-order valence-corrected chi connectivity index (χ0v) is 15.7. The van der Waals surface area contributed by atoms with Crippen LogP contribution < -0.4 is 16.2 Å². The number of hydrogen-bond donors (Lipinski definition) is 4. The van der Waals surface area contributed by atoms with Crippen molar-refractivity contribution in [2.45, 2.75) is 20.8 Å². The molecule has 8 nitrogen and oxygen atoms in total. The molecule has 2 aromatic carbocycles. The van der Waals surface area contributed by atoms with Crippen molar-refractivity contribution in [3.05, 3.63) is 65.2 Å². The van der Waals surface area contributed by atoms with Gasteiger partial charge in [0.05, 0.1) is 11.1 Å². The Morgan fingerprint density at radius 2 is 1.32 bits per heavy atom. The highest BCUT2D eigenvalue weighted by molar-refractivity contribution is 6.06. The molecular weight excluding hydrogens is 362 g/mol. The van der Waals surface area contributed by atoms with E-state index in [0.717, 1.165) is 0 Å². The summed E-state index contributed by atoms with van der Waals surface area (Å²) < 4.78 is 0. The first-order chi connectivity index (χ1) is 13.1. The lowest BCUT2D eigenvalue weighted by Crippen LogP contribution is -2.42. The number of carboxylic acids is 1. The Balaban J connectivity index is 1.99. The molecule has 0 radical (unpaired) electrons. The Kier molecular flexibility index (Phi) is 6.15. The number of benzene rings is 2. The molecule has 0 saturated heterocycles. The van der Waals surface area contributed by atoms with Gasteiger partial charge in [0.1, 0.15) is 0 Å². The van der Waals surface area contributed by atoms with Crippen LogP contribution >= 0.6 is 0 Å². The molecular formula is C20H21N3O5.